The third kappa shape index (κ3) is 2.78. The third-order valence-electron chi connectivity index (χ3n) is 4.09. The van der Waals surface area contributed by atoms with E-state index >= 15 is 0 Å². The van der Waals surface area contributed by atoms with E-state index in [2.05, 4.69) is 10.0 Å². The molecule has 2 rings (SSSR count). The fourth-order valence-electron chi connectivity index (χ4n) is 2.59. The predicted molar refractivity (Wildman–Crippen MR) is 80.4 cm³/mol. The molecule has 5 nitrogen and oxygen atoms in total. The second-order valence-electron chi connectivity index (χ2n) is 5.69. The van der Waals surface area contributed by atoms with Gasteiger partial charge in [0.1, 0.15) is 0 Å². The van der Waals surface area contributed by atoms with Crippen LogP contribution in [0.3, 0.4) is 0 Å². The molecule has 0 amide bonds. The molecular weight excluding hydrogens is 296 g/mol. The molecule has 20 heavy (non-hydrogen) atoms. The summed E-state index contributed by atoms with van der Waals surface area (Å²) < 4.78 is 33.2. The Morgan fingerprint density at radius 1 is 1.50 bits per heavy atom. The molecule has 0 radical (unpaired) electrons. The van der Waals surface area contributed by atoms with Crippen LogP contribution in [0.25, 0.3) is 0 Å². The zero-order chi connectivity index (χ0) is 15.0. The molecule has 1 heterocycles. The lowest BCUT2D eigenvalue weighted by Crippen LogP contribution is -2.61. The highest BCUT2D eigenvalue weighted by Gasteiger charge is 2.50. The van der Waals surface area contributed by atoms with Gasteiger partial charge in [0.2, 0.25) is 10.0 Å². The summed E-state index contributed by atoms with van der Waals surface area (Å²) in [6, 6.07) is 1.58. The predicted octanol–water partition coefficient (Wildman–Crippen LogP) is 1.56. The molecule has 0 aromatic carbocycles. The van der Waals surface area contributed by atoms with Gasteiger partial charge in [-0.3, -0.25) is 0 Å². The number of methoxy groups -OCH3 is 1. The molecule has 114 valence electrons. The normalized spacial score (nSPS) is 25.4. The SMILES string of the molecule is CNCc1sccc1S(=O)(=O)NC1CC(OC)C1(C)C. The van der Waals surface area contributed by atoms with E-state index in [4.69, 9.17) is 4.74 Å². The lowest BCUT2D eigenvalue weighted by molar-refractivity contribution is -0.0908. The fraction of sp³-hybridized carbons (Fsp3) is 0.692. The topological polar surface area (TPSA) is 67.4 Å². The molecular formula is C13H22N2O3S2. The van der Waals surface area contributed by atoms with E-state index < -0.39 is 10.0 Å². The molecule has 1 fully saturated rings. The van der Waals surface area contributed by atoms with Crippen LogP contribution < -0.4 is 10.0 Å². The number of sulfonamides is 1. The molecule has 2 unspecified atom stereocenters. The van der Waals surface area contributed by atoms with E-state index in [-0.39, 0.29) is 17.6 Å². The van der Waals surface area contributed by atoms with Crippen LogP contribution in [0.2, 0.25) is 0 Å². The molecule has 0 spiro atoms. The molecule has 0 saturated heterocycles. The quantitative estimate of drug-likeness (QED) is 0.835. The van der Waals surface area contributed by atoms with E-state index in [9.17, 15) is 8.42 Å². The standard InChI is InChI=1S/C13H22N2O3S2/c1-13(2)11(7-12(13)18-4)15-20(16,17)10-5-6-19-9(10)8-14-3/h5-6,11-12,14-15H,7-8H2,1-4H3. The van der Waals surface area contributed by atoms with Gasteiger partial charge >= 0.3 is 0 Å². The Morgan fingerprint density at radius 3 is 2.75 bits per heavy atom. The van der Waals surface area contributed by atoms with E-state index in [1.54, 1.807) is 13.2 Å². The molecule has 1 aromatic rings. The molecule has 2 N–H and O–H groups in total. The number of nitrogens with one attached hydrogen (secondary N) is 2. The second kappa shape index (κ2) is 5.73. The van der Waals surface area contributed by atoms with Crippen molar-refractivity contribution in [1.29, 1.82) is 0 Å². The van der Waals surface area contributed by atoms with E-state index in [1.165, 1.54) is 11.3 Å². The first-order valence-electron chi connectivity index (χ1n) is 6.59. The summed E-state index contributed by atoms with van der Waals surface area (Å²) in [7, 11) is 0.00730. The van der Waals surface area contributed by atoms with Crippen LogP contribution >= 0.6 is 11.3 Å². The van der Waals surface area contributed by atoms with Gasteiger partial charge in [0.25, 0.3) is 0 Å². The average molecular weight is 318 g/mol. The summed E-state index contributed by atoms with van der Waals surface area (Å²) in [5, 5.41) is 4.81. The van der Waals surface area contributed by atoms with Crippen molar-refractivity contribution >= 4 is 21.4 Å². The summed E-state index contributed by atoms with van der Waals surface area (Å²) in [6.45, 7) is 4.61. The minimum Gasteiger partial charge on any atom is -0.381 e. The van der Waals surface area contributed by atoms with E-state index in [0.29, 0.717) is 17.9 Å². The molecule has 1 aromatic heterocycles. The summed E-state index contributed by atoms with van der Waals surface area (Å²) in [5.41, 5.74) is -0.180. The van der Waals surface area contributed by atoms with Crippen LogP contribution in [0, 0.1) is 5.41 Å². The first-order chi connectivity index (χ1) is 9.32. The van der Waals surface area contributed by atoms with Gasteiger partial charge in [-0.05, 0) is 24.9 Å². The second-order valence-corrected chi connectivity index (χ2v) is 8.38. The summed E-state index contributed by atoms with van der Waals surface area (Å²) in [5.74, 6) is 0. The van der Waals surface area contributed by atoms with Gasteiger partial charge in [0.15, 0.2) is 0 Å². The monoisotopic (exact) mass is 318 g/mol. The minimum atomic E-state index is -3.47. The maximum Gasteiger partial charge on any atom is 0.241 e. The lowest BCUT2D eigenvalue weighted by Gasteiger charge is -2.50. The Hall–Kier alpha value is -0.470. The first-order valence-corrected chi connectivity index (χ1v) is 8.95. The maximum absolute atomic E-state index is 12.5. The van der Waals surface area contributed by atoms with Gasteiger partial charge in [0.05, 0.1) is 11.0 Å². The Bertz CT molecular complexity index is 566. The van der Waals surface area contributed by atoms with Crippen molar-refractivity contribution in [3.05, 3.63) is 16.3 Å². The van der Waals surface area contributed by atoms with Crippen LogP contribution in [0.5, 0.6) is 0 Å². The first kappa shape index (κ1) is 15.9. The van der Waals surface area contributed by atoms with Crippen LogP contribution in [0.1, 0.15) is 25.1 Å². The number of hydrogen-bond acceptors (Lipinski definition) is 5. The van der Waals surface area contributed by atoms with Crippen molar-refractivity contribution in [2.24, 2.45) is 5.41 Å². The van der Waals surface area contributed by atoms with Crippen molar-refractivity contribution in [2.75, 3.05) is 14.2 Å². The zero-order valence-corrected chi connectivity index (χ0v) is 13.9. The Morgan fingerprint density at radius 2 is 2.20 bits per heavy atom. The number of thiophene rings is 1. The van der Waals surface area contributed by atoms with Gasteiger partial charge in [-0.1, -0.05) is 13.8 Å². The van der Waals surface area contributed by atoms with Crippen LogP contribution in [-0.4, -0.2) is 34.7 Å². The molecule has 0 aliphatic heterocycles. The molecule has 1 saturated carbocycles. The number of hydrogen-bond donors (Lipinski definition) is 2. The van der Waals surface area contributed by atoms with Crippen LogP contribution in [-0.2, 0) is 21.3 Å². The van der Waals surface area contributed by atoms with Crippen molar-refractivity contribution in [2.45, 2.75) is 43.9 Å². The van der Waals surface area contributed by atoms with Crippen LogP contribution in [0.15, 0.2) is 16.3 Å². The molecule has 2 atom stereocenters. The molecule has 1 aliphatic carbocycles. The van der Waals surface area contributed by atoms with Gasteiger partial charge in [-0.25, -0.2) is 13.1 Å². The smallest absolute Gasteiger partial charge is 0.241 e. The zero-order valence-electron chi connectivity index (χ0n) is 12.3. The van der Waals surface area contributed by atoms with E-state index in [0.717, 1.165) is 4.88 Å². The highest BCUT2D eigenvalue weighted by Crippen LogP contribution is 2.43. The van der Waals surface area contributed by atoms with Crippen molar-refractivity contribution in [3.63, 3.8) is 0 Å². The Labute approximate surface area is 124 Å². The number of rotatable bonds is 6. The Balaban J connectivity index is 2.15. The maximum atomic E-state index is 12.5. The van der Waals surface area contributed by atoms with Gasteiger partial charge in [-0.2, -0.15) is 0 Å². The summed E-state index contributed by atoms with van der Waals surface area (Å²) in [6.07, 6.45) is 0.822. The average Bonchev–Trinajstić information content (AvgIpc) is 2.83. The van der Waals surface area contributed by atoms with Crippen LogP contribution in [0.4, 0.5) is 0 Å². The highest BCUT2D eigenvalue weighted by molar-refractivity contribution is 7.89. The van der Waals surface area contributed by atoms with Crippen molar-refractivity contribution in [1.82, 2.24) is 10.0 Å². The summed E-state index contributed by atoms with van der Waals surface area (Å²) in [4.78, 5) is 1.22. The van der Waals surface area contributed by atoms with Crippen molar-refractivity contribution < 1.29 is 13.2 Å². The minimum absolute atomic E-state index is 0.0835. The third-order valence-corrected chi connectivity index (χ3v) is 6.70. The molecule has 1 aliphatic rings. The number of ether oxygens (including phenoxy) is 1. The highest BCUT2D eigenvalue weighted by atomic mass is 32.2. The molecule has 7 heteroatoms. The van der Waals surface area contributed by atoms with Gasteiger partial charge in [-0.15, -0.1) is 11.3 Å². The largest absolute Gasteiger partial charge is 0.381 e. The Kier molecular flexibility index (Phi) is 4.56. The van der Waals surface area contributed by atoms with Gasteiger partial charge < -0.3 is 10.1 Å². The van der Waals surface area contributed by atoms with Crippen molar-refractivity contribution in [3.8, 4) is 0 Å². The van der Waals surface area contributed by atoms with E-state index in [1.807, 2.05) is 26.3 Å². The fourth-order valence-corrected chi connectivity index (χ4v) is 5.45. The lowest BCUT2D eigenvalue weighted by atomic mass is 9.65. The summed E-state index contributed by atoms with van der Waals surface area (Å²) >= 11 is 1.45. The molecule has 0 bridgehead atoms. The van der Waals surface area contributed by atoms with Gasteiger partial charge in [0, 0.05) is 30.0 Å².